The van der Waals surface area contributed by atoms with Crippen molar-refractivity contribution in [1.82, 2.24) is 10.3 Å². The molecule has 0 unspecified atom stereocenters. The first-order valence-corrected chi connectivity index (χ1v) is 13.9. The third kappa shape index (κ3) is 6.06. The van der Waals surface area contributed by atoms with Crippen molar-refractivity contribution in [3.63, 3.8) is 0 Å². The van der Waals surface area contributed by atoms with Crippen LogP contribution in [0.25, 0.3) is 29.0 Å². The predicted octanol–water partition coefficient (Wildman–Crippen LogP) is 6.81. The fourth-order valence-electron chi connectivity index (χ4n) is 5.33. The van der Waals surface area contributed by atoms with E-state index in [4.69, 9.17) is 10.7 Å². The Bertz CT molecular complexity index is 1490. The van der Waals surface area contributed by atoms with Crippen molar-refractivity contribution in [1.29, 1.82) is 0 Å². The van der Waals surface area contributed by atoms with Crippen LogP contribution >= 0.6 is 0 Å². The number of nitrogens with zero attached hydrogens (tertiary/aromatic N) is 1. The highest BCUT2D eigenvalue weighted by Crippen LogP contribution is 2.32. The number of rotatable bonds is 9. The molecule has 0 bridgehead atoms. The van der Waals surface area contributed by atoms with Gasteiger partial charge in [0.2, 0.25) is 0 Å². The number of nitrogens with one attached hydrogen (secondary N) is 1. The van der Waals surface area contributed by atoms with Crippen LogP contribution in [0.1, 0.15) is 86.1 Å². The summed E-state index contributed by atoms with van der Waals surface area (Å²) in [6.45, 7) is 12.5. The van der Waals surface area contributed by atoms with Gasteiger partial charge in [-0.1, -0.05) is 75.4 Å². The normalized spacial score (nSPS) is 16.9. The molecule has 1 aliphatic rings. The topological polar surface area (TPSA) is 50.9 Å². The maximum Gasteiger partial charge on any atom is 0.0870 e. The van der Waals surface area contributed by atoms with Gasteiger partial charge in [-0.15, -0.1) is 0 Å². The molecule has 0 saturated carbocycles. The number of benzene rings is 2. The van der Waals surface area contributed by atoms with Crippen LogP contribution in [0.2, 0.25) is 0 Å². The summed E-state index contributed by atoms with van der Waals surface area (Å²) < 4.78 is 0. The molecule has 1 aliphatic carbocycles. The van der Waals surface area contributed by atoms with E-state index in [-0.39, 0.29) is 6.04 Å². The molecule has 0 fully saturated rings. The molecule has 2 aromatic carbocycles. The van der Waals surface area contributed by atoms with Crippen LogP contribution in [0.5, 0.6) is 0 Å². The molecule has 38 heavy (non-hydrogen) atoms. The molecule has 3 heteroatoms. The van der Waals surface area contributed by atoms with E-state index in [1.165, 1.54) is 43.8 Å². The average Bonchev–Trinajstić information content (AvgIpc) is 3.30. The number of pyridine rings is 1. The molecule has 0 radical (unpaired) electrons. The van der Waals surface area contributed by atoms with Gasteiger partial charge < -0.3 is 11.1 Å². The molecular weight excluding hydrogens is 462 g/mol. The van der Waals surface area contributed by atoms with Gasteiger partial charge in [-0.3, -0.25) is 4.98 Å². The molecule has 0 spiro atoms. The number of allylic oxidation sites excluding steroid dienone is 3. The molecule has 3 aromatic rings. The van der Waals surface area contributed by atoms with Crippen molar-refractivity contribution in [2.45, 2.75) is 65.8 Å². The summed E-state index contributed by atoms with van der Waals surface area (Å²) in [5, 5.41) is 5.88. The van der Waals surface area contributed by atoms with Crippen molar-refractivity contribution in [2.24, 2.45) is 5.73 Å². The Morgan fingerprint density at radius 1 is 1.08 bits per heavy atom. The van der Waals surface area contributed by atoms with Gasteiger partial charge in [0.25, 0.3) is 0 Å². The third-order valence-electron chi connectivity index (χ3n) is 7.36. The minimum Gasteiger partial charge on any atom is -0.360 e. The maximum absolute atomic E-state index is 6.30. The van der Waals surface area contributed by atoms with E-state index in [2.05, 4.69) is 99.4 Å². The average molecular weight is 504 g/mol. The number of unbranched alkanes of at least 4 members (excludes halogenated alkanes) is 1. The van der Waals surface area contributed by atoms with E-state index in [0.717, 1.165) is 49.2 Å². The number of aromatic nitrogens is 1. The van der Waals surface area contributed by atoms with Gasteiger partial charge in [0, 0.05) is 11.7 Å². The SMILES string of the molecule is C=CN/C(=C(\CC)c1ccc(=C\CCC)/c(=C\C(=C/C)c2ccc3c(c2)CC[C@@H]3N)c1)c1cccc(C)n1. The zero-order chi connectivity index (χ0) is 27.1. The van der Waals surface area contributed by atoms with Crippen molar-refractivity contribution >= 4 is 29.0 Å². The molecule has 3 N–H and O–H groups in total. The van der Waals surface area contributed by atoms with Crippen LogP contribution in [0.4, 0.5) is 0 Å². The van der Waals surface area contributed by atoms with Crippen molar-refractivity contribution in [3.05, 3.63) is 118 Å². The lowest BCUT2D eigenvalue weighted by Gasteiger charge is -2.15. The smallest absolute Gasteiger partial charge is 0.0870 e. The van der Waals surface area contributed by atoms with Crippen LogP contribution in [-0.4, -0.2) is 4.98 Å². The Kier molecular flexibility index (Phi) is 9.15. The van der Waals surface area contributed by atoms with E-state index < -0.39 is 0 Å². The van der Waals surface area contributed by atoms with Gasteiger partial charge in [-0.05, 0) is 114 Å². The minimum atomic E-state index is 0.171. The highest BCUT2D eigenvalue weighted by atomic mass is 14.9. The Balaban J connectivity index is 1.89. The van der Waals surface area contributed by atoms with E-state index in [1.54, 1.807) is 6.20 Å². The number of fused-ring (bicyclic) bond motifs is 1. The van der Waals surface area contributed by atoms with Crippen molar-refractivity contribution in [2.75, 3.05) is 0 Å². The Morgan fingerprint density at radius 3 is 2.61 bits per heavy atom. The second-order valence-corrected chi connectivity index (χ2v) is 10.0. The second kappa shape index (κ2) is 12.7. The first-order chi connectivity index (χ1) is 18.5. The summed E-state index contributed by atoms with van der Waals surface area (Å²) in [5.41, 5.74) is 16.8. The summed E-state index contributed by atoms with van der Waals surface area (Å²) in [6.07, 6.45) is 13.8. The number of aryl methyl sites for hydroxylation is 2. The molecule has 1 aromatic heterocycles. The molecule has 1 atom stereocenters. The van der Waals surface area contributed by atoms with Gasteiger partial charge in [0.1, 0.15) is 0 Å². The van der Waals surface area contributed by atoms with Gasteiger partial charge in [-0.2, -0.15) is 0 Å². The summed E-state index contributed by atoms with van der Waals surface area (Å²) >= 11 is 0. The summed E-state index contributed by atoms with van der Waals surface area (Å²) in [7, 11) is 0. The lowest BCUT2D eigenvalue weighted by Crippen LogP contribution is -2.25. The van der Waals surface area contributed by atoms with Crippen LogP contribution < -0.4 is 21.5 Å². The quantitative estimate of drug-likeness (QED) is 0.337. The zero-order valence-corrected chi connectivity index (χ0v) is 23.4. The highest BCUT2D eigenvalue weighted by molar-refractivity contribution is 5.91. The molecule has 0 amide bonds. The van der Waals surface area contributed by atoms with Crippen molar-refractivity contribution in [3.8, 4) is 0 Å². The van der Waals surface area contributed by atoms with Crippen LogP contribution in [0, 0.1) is 6.92 Å². The molecule has 3 nitrogen and oxygen atoms in total. The monoisotopic (exact) mass is 503 g/mol. The molecule has 0 aliphatic heterocycles. The standard InChI is InChI=1S/C35H41N3/c1-6-10-13-26-15-16-28(31(8-3)35(37-9-4)34-14-11-12-24(5)38-34)23-30(26)21-25(7-2)27-17-19-32-29(22-27)18-20-33(32)36/h7,9,11-17,19,21-23,33,37H,4,6,8,10,18,20,36H2,1-3,5H3/b25-7+,26-13+,30-21-,35-31+/t33-/m0/s1. The molecular formula is C35H41N3. The van der Waals surface area contributed by atoms with E-state index in [1.807, 2.05) is 13.0 Å². The fraction of sp³-hybridized carbons (Fsp3) is 0.286. The first-order valence-electron chi connectivity index (χ1n) is 13.9. The predicted molar refractivity (Wildman–Crippen MR) is 164 cm³/mol. The summed E-state index contributed by atoms with van der Waals surface area (Å²) in [4.78, 5) is 4.80. The van der Waals surface area contributed by atoms with Gasteiger partial charge in [0.15, 0.2) is 0 Å². The van der Waals surface area contributed by atoms with Gasteiger partial charge in [-0.25, -0.2) is 0 Å². The Hall–Kier alpha value is -3.69. The van der Waals surface area contributed by atoms with Gasteiger partial charge in [0.05, 0.1) is 11.4 Å². The van der Waals surface area contributed by atoms with E-state index in [9.17, 15) is 0 Å². The van der Waals surface area contributed by atoms with Crippen LogP contribution in [-0.2, 0) is 6.42 Å². The molecule has 196 valence electrons. The lowest BCUT2D eigenvalue weighted by atomic mass is 9.95. The molecule has 1 heterocycles. The lowest BCUT2D eigenvalue weighted by molar-refractivity contribution is 0.713. The minimum absolute atomic E-state index is 0.171. The second-order valence-electron chi connectivity index (χ2n) is 10.0. The Labute approximate surface area is 228 Å². The number of nitrogens with two attached hydrogens (primary N) is 1. The summed E-state index contributed by atoms with van der Waals surface area (Å²) in [5.74, 6) is 0. The van der Waals surface area contributed by atoms with Crippen LogP contribution in [0.15, 0.2) is 73.5 Å². The maximum atomic E-state index is 6.30. The molecule has 4 rings (SSSR count). The Morgan fingerprint density at radius 2 is 1.89 bits per heavy atom. The molecule has 0 saturated heterocycles. The third-order valence-corrected chi connectivity index (χ3v) is 7.36. The van der Waals surface area contributed by atoms with E-state index >= 15 is 0 Å². The largest absolute Gasteiger partial charge is 0.360 e. The van der Waals surface area contributed by atoms with Crippen LogP contribution in [0.3, 0.4) is 0 Å². The van der Waals surface area contributed by atoms with Gasteiger partial charge >= 0.3 is 0 Å². The highest BCUT2D eigenvalue weighted by Gasteiger charge is 2.19. The summed E-state index contributed by atoms with van der Waals surface area (Å²) in [6, 6.07) is 19.9. The van der Waals surface area contributed by atoms with Crippen molar-refractivity contribution < 1.29 is 0 Å². The zero-order valence-electron chi connectivity index (χ0n) is 23.4. The number of hydrogen-bond acceptors (Lipinski definition) is 3. The number of hydrogen-bond donors (Lipinski definition) is 2. The van der Waals surface area contributed by atoms with E-state index in [0.29, 0.717) is 0 Å². The fourth-order valence-corrected chi connectivity index (χ4v) is 5.33. The first kappa shape index (κ1) is 27.3.